The molecule has 11 heavy (non-hydrogen) atoms. The molecule has 0 aromatic rings. The van der Waals surface area contributed by atoms with E-state index in [9.17, 15) is 0 Å². The maximum absolute atomic E-state index is 2.77. The highest BCUT2D eigenvalue weighted by Crippen LogP contribution is 2.08. The Morgan fingerprint density at radius 2 is 1.55 bits per heavy atom. The van der Waals surface area contributed by atoms with Crippen molar-refractivity contribution in [2.24, 2.45) is 0 Å². The molecule has 0 amide bonds. The van der Waals surface area contributed by atoms with E-state index in [1.165, 1.54) is 22.6 Å². The SMILES string of the molecule is CCC(C)N([SiH2][SiH3])C(C)CC. The summed E-state index contributed by atoms with van der Waals surface area (Å²) in [5.41, 5.74) is 0. The van der Waals surface area contributed by atoms with Crippen molar-refractivity contribution in [1.82, 2.24) is 4.57 Å². The average Bonchev–Trinajstić information content (AvgIpc) is 2.05. The molecule has 0 aromatic carbocycles. The highest BCUT2D eigenvalue weighted by atomic mass is 29.1. The Kier molecular flexibility index (Phi) is 6.18. The van der Waals surface area contributed by atoms with Crippen LogP contribution in [0.2, 0.25) is 0 Å². The van der Waals surface area contributed by atoms with E-state index in [4.69, 9.17) is 0 Å². The molecule has 1 nitrogen and oxygen atoms in total. The standard InChI is InChI=1S/C8H23NSi2/c1-5-7(3)9(11-10)8(4)6-2/h7-8H,5-6,11H2,1-4,10H3. The van der Waals surface area contributed by atoms with Crippen LogP contribution in [-0.2, 0) is 0 Å². The molecular weight excluding hydrogens is 166 g/mol. The highest BCUT2D eigenvalue weighted by Gasteiger charge is 2.14. The van der Waals surface area contributed by atoms with Crippen LogP contribution in [0.25, 0.3) is 0 Å². The van der Waals surface area contributed by atoms with E-state index in [1.807, 2.05) is 0 Å². The maximum Gasteiger partial charge on any atom is 0.0762 e. The van der Waals surface area contributed by atoms with Crippen LogP contribution in [0.5, 0.6) is 0 Å². The zero-order chi connectivity index (χ0) is 8.85. The summed E-state index contributed by atoms with van der Waals surface area (Å²) in [6.45, 7) is 9.34. The fraction of sp³-hybridized carbons (Fsp3) is 1.00. The number of rotatable bonds is 5. The van der Waals surface area contributed by atoms with Crippen molar-refractivity contribution in [3.8, 4) is 0 Å². The van der Waals surface area contributed by atoms with Gasteiger partial charge in [0.25, 0.3) is 0 Å². The molecule has 0 bridgehead atoms. The van der Waals surface area contributed by atoms with Gasteiger partial charge in [0.2, 0.25) is 0 Å². The second-order valence-corrected chi connectivity index (χ2v) is 6.61. The molecule has 2 unspecified atom stereocenters. The van der Waals surface area contributed by atoms with E-state index in [2.05, 4.69) is 32.3 Å². The van der Waals surface area contributed by atoms with Crippen molar-refractivity contribution >= 4 is 19.0 Å². The van der Waals surface area contributed by atoms with Crippen molar-refractivity contribution in [2.45, 2.75) is 52.6 Å². The van der Waals surface area contributed by atoms with Gasteiger partial charge in [-0.3, -0.25) is 0 Å². The Balaban J connectivity index is 3.92. The van der Waals surface area contributed by atoms with Crippen LogP contribution in [0.4, 0.5) is 0 Å². The average molecular weight is 189 g/mol. The topological polar surface area (TPSA) is 3.24 Å². The second-order valence-electron chi connectivity index (χ2n) is 3.34. The first-order valence-corrected chi connectivity index (χ1v) is 11.2. The first-order chi connectivity index (χ1) is 5.17. The Morgan fingerprint density at radius 1 is 1.18 bits per heavy atom. The zero-order valence-electron chi connectivity index (χ0n) is 8.72. The van der Waals surface area contributed by atoms with E-state index in [0.29, 0.717) is 0 Å². The molecule has 0 radical (unpaired) electrons. The minimum atomic E-state index is 0.183. The summed E-state index contributed by atoms with van der Waals surface area (Å²) < 4.78 is 2.77. The maximum atomic E-state index is 2.77. The van der Waals surface area contributed by atoms with Crippen LogP contribution in [-0.4, -0.2) is 35.6 Å². The Labute approximate surface area is 76.7 Å². The molecule has 0 saturated heterocycles. The van der Waals surface area contributed by atoms with E-state index in [0.717, 1.165) is 12.1 Å². The normalized spacial score (nSPS) is 18.3. The van der Waals surface area contributed by atoms with Gasteiger partial charge in [-0.15, -0.1) is 0 Å². The lowest BCUT2D eigenvalue weighted by molar-refractivity contribution is 0.273. The molecule has 0 fully saturated rings. The third-order valence-corrected chi connectivity index (χ3v) is 6.85. The molecule has 68 valence electrons. The van der Waals surface area contributed by atoms with Crippen molar-refractivity contribution < 1.29 is 0 Å². The van der Waals surface area contributed by atoms with Crippen molar-refractivity contribution in [3.05, 3.63) is 0 Å². The predicted molar refractivity (Wildman–Crippen MR) is 59.8 cm³/mol. The number of hydrogen-bond donors (Lipinski definition) is 0. The summed E-state index contributed by atoms with van der Waals surface area (Å²) in [6.07, 6.45) is 2.64. The zero-order valence-corrected chi connectivity index (χ0v) is 12.1. The molecule has 0 aliphatic heterocycles. The smallest absolute Gasteiger partial charge is 0.0762 e. The number of hydrogen-bond acceptors (Lipinski definition) is 1. The van der Waals surface area contributed by atoms with Gasteiger partial charge in [0.15, 0.2) is 0 Å². The van der Waals surface area contributed by atoms with Crippen molar-refractivity contribution in [1.29, 1.82) is 0 Å². The van der Waals surface area contributed by atoms with Gasteiger partial charge in [0.1, 0.15) is 0 Å². The monoisotopic (exact) mass is 189 g/mol. The van der Waals surface area contributed by atoms with E-state index >= 15 is 0 Å². The van der Waals surface area contributed by atoms with Crippen LogP contribution in [0.1, 0.15) is 40.5 Å². The van der Waals surface area contributed by atoms with Gasteiger partial charge in [-0.25, -0.2) is 0 Å². The van der Waals surface area contributed by atoms with Crippen LogP contribution in [0, 0.1) is 0 Å². The van der Waals surface area contributed by atoms with Gasteiger partial charge in [0.05, 0.1) is 9.20 Å². The summed E-state index contributed by atoms with van der Waals surface area (Å²) >= 11 is 0. The van der Waals surface area contributed by atoms with E-state index in [-0.39, 0.29) is 9.20 Å². The van der Waals surface area contributed by atoms with Crippen LogP contribution in [0.3, 0.4) is 0 Å². The third kappa shape index (κ3) is 3.53. The van der Waals surface area contributed by atoms with E-state index < -0.39 is 0 Å². The summed E-state index contributed by atoms with van der Waals surface area (Å²) in [4.78, 5) is 0. The first-order valence-electron chi connectivity index (χ1n) is 4.93. The molecule has 2 atom stereocenters. The lowest BCUT2D eigenvalue weighted by Crippen LogP contribution is -2.42. The molecule has 3 heteroatoms. The third-order valence-electron chi connectivity index (χ3n) is 2.68. The van der Waals surface area contributed by atoms with Crippen LogP contribution in [0.15, 0.2) is 0 Å². The molecule has 0 aromatic heterocycles. The van der Waals surface area contributed by atoms with Crippen LogP contribution < -0.4 is 0 Å². The Bertz CT molecular complexity index is 88.1. The summed E-state index contributed by atoms with van der Waals surface area (Å²) in [6, 6.07) is 1.68. The van der Waals surface area contributed by atoms with Crippen LogP contribution >= 0.6 is 0 Å². The van der Waals surface area contributed by atoms with Gasteiger partial charge in [-0.2, -0.15) is 0 Å². The summed E-state index contributed by atoms with van der Waals surface area (Å²) in [5.74, 6) is 0. The fourth-order valence-electron chi connectivity index (χ4n) is 1.53. The van der Waals surface area contributed by atoms with Gasteiger partial charge in [-0.05, 0) is 24.9 Å². The minimum Gasteiger partial charge on any atom is -0.327 e. The summed E-state index contributed by atoms with van der Waals surface area (Å²) in [5, 5.41) is 0. The van der Waals surface area contributed by atoms with Crippen molar-refractivity contribution in [3.63, 3.8) is 0 Å². The Hall–Kier alpha value is 0.394. The lowest BCUT2D eigenvalue weighted by atomic mass is 10.2. The minimum absolute atomic E-state index is 0.183. The summed E-state index contributed by atoms with van der Waals surface area (Å²) in [7, 11) is 1.63. The van der Waals surface area contributed by atoms with Gasteiger partial charge in [-0.1, -0.05) is 27.7 Å². The predicted octanol–water partition coefficient (Wildman–Crippen LogP) is 0.250. The molecule has 0 spiro atoms. The molecule has 0 saturated carbocycles. The quantitative estimate of drug-likeness (QED) is 0.561. The Morgan fingerprint density at radius 3 is 1.73 bits per heavy atom. The largest absolute Gasteiger partial charge is 0.327 e. The fourth-order valence-corrected chi connectivity index (χ4v) is 7.03. The molecule has 0 rings (SSSR count). The highest BCUT2D eigenvalue weighted by molar-refractivity contribution is 6.87. The van der Waals surface area contributed by atoms with Gasteiger partial charge in [0, 0.05) is 9.76 Å². The second kappa shape index (κ2) is 5.97. The molecule has 0 N–H and O–H groups in total. The molecule has 0 aliphatic rings. The van der Waals surface area contributed by atoms with Gasteiger partial charge < -0.3 is 4.57 Å². The molecule has 0 aliphatic carbocycles. The molecule has 0 heterocycles. The van der Waals surface area contributed by atoms with E-state index in [1.54, 1.807) is 0 Å². The van der Waals surface area contributed by atoms with Gasteiger partial charge >= 0.3 is 0 Å². The lowest BCUT2D eigenvalue weighted by Gasteiger charge is -2.32. The molecular formula is C8H23NSi2. The van der Waals surface area contributed by atoms with Crippen molar-refractivity contribution in [2.75, 3.05) is 0 Å². The first kappa shape index (κ1) is 11.4. The number of nitrogens with zero attached hydrogens (tertiary/aromatic N) is 1.